The molecule has 0 spiro atoms. The highest BCUT2D eigenvalue weighted by atomic mass is 16.3. The molecular formula is C60H40N2O. The van der Waals surface area contributed by atoms with E-state index in [0.717, 1.165) is 83.6 Å². The van der Waals surface area contributed by atoms with E-state index in [-0.39, 0.29) is 0 Å². The summed E-state index contributed by atoms with van der Waals surface area (Å²) in [6.45, 7) is 0. The molecule has 0 saturated heterocycles. The second-order valence-electron chi connectivity index (χ2n) is 16.0. The first-order chi connectivity index (χ1) is 31.3. The molecule has 3 heteroatoms. The van der Waals surface area contributed by atoms with Gasteiger partial charge in [0.15, 0.2) is 0 Å². The molecule has 0 aliphatic carbocycles. The van der Waals surface area contributed by atoms with Gasteiger partial charge in [-0.05, 0) is 94.0 Å². The highest BCUT2D eigenvalue weighted by Crippen LogP contribution is 2.49. The Kier molecular flexibility index (Phi) is 8.83. The Balaban J connectivity index is 1.12. The summed E-state index contributed by atoms with van der Waals surface area (Å²) in [7, 11) is 0. The van der Waals surface area contributed by atoms with Gasteiger partial charge in [0.05, 0.1) is 16.7 Å². The van der Waals surface area contributed by atoms with Gasteiger partial charge in [0.2, 0.25) is 0 Å². The first-order valence-corrected chi connectivity index (χ1v) is 21.5. The lowest BCUT2D eigenvalue weighted by Gasteiger charge is -2.30. The molecule has 2 heterocycles. The quantitative estimate of drug-likeness (QED) is 0.153. The van der Waals surface area contributed by atoms with Gasteiger partial charge in [-0.15, -0.1) is 0 Å². The summed E-state index contributed by atoms with van der Waals surface area (Å²) in [5.41, 5.74) is 17.6. The summed E-state index contributed by atoms with van der Waals surface area (Å²) >= 11 is 0. The molecule has 0 unspecified atom stereocenters. The molecule has 12 rings (SSSR count). The molecule has 0 radical (unpaired) electrons. The lowest BCUT2D eigenvalue weighted by atomic mass is 9.87. The molecule has 10 aromatic carbocycles. The molecule has 0 N–H and O–H groups in total. The molecule has 2 aromatic heterocycles. The van der Waals surface area contributed by atoms with E-state index in [4.69, 9.17) is 4.42 Å². The first kappa shape index (κ1) is 36.5. The molecule has 0 atom stereocenters. The number of hydrogen-bond donors (Lipinski definition) is 0. The number of anilines is 3. The SMILES string of the molecule is c1ccc(-c2ccccc2-c2c(-c3ccccc3)cccc2N(c2ccc(-c3cccc4c3oc3ccccc34)cc2)c2ccc3c(c2)c2ccccc2n3-c2ccccc2)cc1. The highest BCUT2D eigenvalue weighted by molar-refractivity contribution is 6.12. The Morgan fingerprint density at radius 1 is 0.333 bits per heavy atom. The fraction of sp³-hybridized carbons (Fsp3) is 0. The van der Waals surface area contributed by atoms with E-state index < -0.39 is 0 Å². The van der Waals surface area contributed by atoms with Crippen LogP contribution in [0.4, 0.5) is 17.1 Å². The van der Waals surface area contributed by atoms with Crippen LogP contribution in [0, 0.1) is 0 Å². The van der Waals surface area contributed by atoms with E-state index in [2.05, 4.69) is 240 Å². The maximum absolute atomic E-state index is 6.52. The lowest BCUT2D eigenvalue weighted by molar-refractivity contribution is 0.670. The molecule has 0 amide bonds. The van der Waals surface area contributed by atoms with Crippen LogP contribution < -0.4 is 4.90 Å². The minimum Gasteiger partial charge on any atom is -0.455 e. The normalized spacial score (nSPS) is 11.5. The molecule has 0 bridgehead atoms. The molecule has 0 aliphatic rings. The van der Waals surface area contributed by atoms with Gasteiger partial charge >= 0.3 is 0 Å². The molecule has 12 aromatic rings. The number of aromatic nitrogens is 1. The van der Waals surface area contributed by atoms with Gasteiger partial charge < -0.3 is 13.9 Å². The van der Waals surface area contributed by atoms with Crippen molar-refractivity contribution < 1.29 is 4.42 Å². The second-order valence-corrected chi connectivity index (χ2v) is 16.0. The molecule has 0 saturated carbocycles. The minimum absolute atomic E-state index is 0.897. The van der Waals surface area contributed by atoms with Crippen LogP contribution in [-0.2, 0) is 0 Å². The maximum Gasteiger partial charge on any atom is 0.143 e. The van der Waals surface area contributed by atoms with Crippen LogP contribution in [0.15, 0.2) is 247 Å². The Morgan fingerprint density at radius 3 is 1.65 bits per heavy atom. The number of fused-ring (bicyclic) bond motifs is 6. The Morgan fingerprint density at radius 2 is 0.873 bits per heavy atom. The van der Waals surface area contributed by atoms with Gasteiger partial charge in [-0.3, -0.25) is 0 Å². The fourth-order valence-corrected chi connectivity index (χ4v) is 9.59. The summed E-state index contributed by atoms with van der Waals surface area (Å²) in [6, 6.07) is 87.2. The average Bonchev–Trinajstić information content (AvgIpc) is 3.91. The van der Waals surface area contributed by atoms with Gasteiger partial charge in [0, 0.05) is 49.7 Å². The van der Waals surface area contributed by atoms with Crippen LogP contribution in [0.5, 0.6) is 0 Å². The molecule has 0 fully saturated rings. The Hall–Kier alpha value is -8.40. The van der Waals surface area contributed by atoms with Crippen molar-refractivity contribution in [1.29, 1.82) is 0 Å². The molecule has 296 valence electrons. The van der Waals surface area contributed by atoms with Gasteiger partial charge in [-0.2, -0.15) is 0 Å². The predicted molar refractivity (Wildman–Crippen MR) is 264 cm³/mol. The Bertz CT molecular complexity index is 3600. The minimum atomic E-state index is 0.897. The third kappa shape index (κ3) is 6.21. The van der Waals surface area contributed by atoms with Gasteiger partial charge in [0.1, 0.15) is 11.2 Å². The van der Waals surface area contributed by atoms with Crippen LogP contribution in [0.3, 0.4) is 0 Å². The van der Waals surface area contributed by atoms with Crippen LogP contribution >= 0.6 is 0 Å². The second kappa shape index (κ2) is 15.3. The average molecular weight is 805 g/mol. The van der Waals surface area contributed by atoms with E-state index in [0.29, 0.717) is 0 Å². The standard InChI is InChI=1S/C60H40N2O/c1-4-18-41(19-5-1)47-24-10-11-27-52(47)59-48(42-20-6-2-7-21-42)28-17-32-57(59)61(45-36-34-43(35-37-45)49-29-16-30-53-51-26-13-15-33-58(51)63-60(49)53)46-38-39-56-54(40-46)50-25-12-14-31-55(50)62(56)44-22-8-3-9-23-44/h1-40H. The van der Waals surface area contributed by atoms with Crippen molar-refractivity contribution in [3.05, 3.63) is 243 Å². The van der Waals surface area contributed by atoms with Gasteiger partial charge in [0.25, 0.3) is 0 Å². The zero-order chi connectivity index (χ0) is 41.7. The van der Waals surface area contributed by atoms with Crippen LogP contribution in [0.1, 0.15) is 0 Å². The fourth-order valence-electron chi connectivity index (χ4n) is 9.59. The Labute approximate surface area is 366 Å². The molecule has 3 nitrogen and oxygen atoms in total. The van der Waals surface area contributed by atoms with E-state index in [1.54, 1.807) is 0 Å². The predicted octanol–water partition coefficient (Wildman–Crippen LogP) is 16.8. The topological polar surface area (TPSA) is 21.3 Å². The number of rotatable bonds is 8. The van der Waals surface area contributed by atoms with E-state index >= 15 is 0 Å². The number of hydrogen-bond acceptors (Lipinski definition) is 2. The molecular weight excluding hydrogens is 765 g/mol. The van der Waals surface area contributed by atoms with E-state index in [1.807, 2.05) is 12.1 Å². The van der Waals surface area contributed by atoms with Gasteiger partial charge in [-0.25, -0.2) is 0 Å². The van der Waals surface area contributed by atoms with E-state index in [9.17, 15) is 0 Å². The summed E-state index contributed by atoms with van der Waals surface area (Å²) in [6.07, 6.45) is 0. The van der Waals surface area contributed by atoms with Crippen molar-refractivity contribution in [2.45, 2.75) is 0 Å². The molecule has 63 heavy (non-hydrogen) atoms. The summed E-state index contributed by atoms with van der Waals surface area (Å²) in [5, 5.41) is 4.65. The molecule has 0 aliphatic heterocycles. The summed E-state index contributed by atoms with van der Waals surface area (Å²) < 4.78 is 8.90. The maximum atomic E-state index is 6.52. The van der Waals surface area contributed by atoms with Crippen molar-refractivity contribution in [1.82, 2.24) is 4.57 Å². The highest BCUT2D eigenvalue weighted by Gasteiger charge is 2.24. The largest absolute Gasteiger partial charge is 0.455 e. The smallest absolute Gasteiger partial charge is 0.143 e. The first-order valence-electron chi connectivity index (χ1n) is 21.5. The summed E-state index contributed by atoms with van der Waals surface area (Å²) in [4.78, 5) is 2.45. The van der Waals surface area contributed by atoms with Crippen molar-refractivity contribution >= 4 is 60.8 Å². The van der Waals surface area contributed by atoms with Crippen molar-refractivity contribution in [2.24, 2.45) is 0 Å². The lowest BCUT2D eigenvalue weighted by Crippen LogP contribution is -2.12. The van der Waals surface area contributed by atoms with Crippen LogP contribution in [-0.4, -0.2) is 4.57 Å². The third-order valence-electron chi connectivity index (χ3n) is 12.4. The van der Waals surface area contributed by atoms with Crippen molar-refractivity contribution in [3.8, 4) is 50.2 Å². The zero-order valence-corrected chi connectivity index (χ0v) is 34.4. The van der Waals surface area contributed by atoms with Gasteiger partial charge in [-0.1, -0.05) is 182 Å². The number of nitrogens with zero attached hydrogens (tertiary/aromatic N) is 2. The third-order valence-corrected chi connectivity index (χ3v) is 12.4. The number of para-hydroxylation sites is 4. The van der Waals surface area contributed by atoms with Crippen LogP contribution in [0.2, 0.25) is 0 Å². The van der Waals surface area contributed by atoms with Crippen molar-refractivity contribution in [2.75, 3.05) is 4.90 Å². The monoisotopic (exact) mass is 804 g/mol. The van der Waals surface area contributed by atoms with Crippen molar-refractivity contribution in [3.63, 3.8) is 0 Å². The number of furan rings is 1. The van der Waals surface area contributed by atoms with E-state index in [1.165, 1.54) is 27.4 Å². The summed E-state index contributed by atoms with van der Waals surface area (Å²) in [5.74, 6) is 0. The zero-order valence-electron chi connectivity index (χ0n) is 34.4. The number of benzene rings is 10. The van der Waals surface area contributed by atoms with Crippen LogP contribution in [0.25, 0.3) is 93.9 Å².